The molecule has 0 saturated heterocycles. The quantitative estimate of drug-likeness (QED) is 0.665. The molecule has 1 N–H and O–H groups in total. The molecule has 0 radical (unpaired) electrons. The van der Waals surface area contributed by atoms with Gasteiger partial charge in [0.15, 0.2) is 0 Å². The number of nitro benzene ring substituents is 1. The van der Waals surface area contributed by atoms with Gasteiger partial charge >= 0.3 is 0 Å². The summed E-state index contributed by atoms with van der Waals surface area (Å²) >= 11 is 6.15. The third-order valence-corrected chi connectivity index (χ3v) is 3.53. The number of halogens is 1. The zero-order chi connectivity index (χ0) is 15.4. The number of aryl methyl sites for hydroxylation is 1. The van der Waals surface area contributed by atoms with Crippen LogP contribution in [0, 0.1) is 17.0 Å². The average molecular weight is 307 g/mol. The summed E-state index contributed by atoms with van der Waals surface area (Å²) in [5.41, 5.74) is 1.90. The van der Waals surface area contributed by atoms with Crippen molar-refractivity contribution in [2.75, 3.05) is 12.4 Å². The Morgan fingerprint density at radius 3 is 2.67 bits per heavy atom. The predicted octanol–water partition coefficient (Wildman–Crippen LogP) is 4.18. The van der Waals surface area contributed by atoms with Crippen molar-refractivity contribution < 1.29 is 9.66 Å². The molecule has 0 saturated carbocycles. The van der Waals surface area contributed by atoms with Crippen LogP contribution in [0.1, 0.15) is 11.1 Å². The van der Waals surface area contributed by atoms with Crippen LogP contribution in [0.25, 0.3) is 0 Å². The van der Waals surface area contributed by atoms with E-state index in [-0.39, 0.29) is 10.6 Å². The fourth-order valence-electron chi connectivity index (χ4n) is 2.13. The van der Waals surface area contributed by atoms with Crippen LogP contribution >= 0.6 is 11.6 Å². The van der Waals surface area contributed by atoms with E-state index >= 15 is 0 Å². The van der Waals surface area contributed by atoms with Crippen LogP contribution in [0.4, 0.5) is 11.4 Å². The molecular formula is C15H15ClN2O3. The van der Waals surface area contributed by atoms with Crippen LogP contribution in [-0.2, 0) is 6.54 Å². The second kappa shape index (κ2) is 6.45. The van der Waals surface area contributed by atoms with Gasteiger partial charge in [-0.1, -0.05) is 29.8 Å². The van der Waals surface area contributed by atoms with Gasteiger partial charge in [-0.05, 0) is 25.1 Å². The molecule has 0 aliphatic carbocycles. The van der Waals surface area contributed by atoms with E-state index in [1.165, 1.54) is 0 Å². The topological polar surface area (TPSA) is 64.4 Å². The maximum absolute atomic E-state index is 11.2. The Hall–Kier alpha value is -2.27. The fourth-order valence-corrected chi connectivity index (χ4v) is 2.36. The van der Waals surface area contributed by atoms with E-state index in [0.717, 1.165) is 5.56 Å². The number of nitro groups is 1. The molecule has 0 aliphatic rings. The van der Waals surface area contributed by atoms with Gasteiger partial charge in [-0.2, -0.15) is 0 Å². The summed E-state index contributed by atoms with van der Waals surface area (Å²) in [6, 6.07) is 10.5. The van der Waals surface area contributed by atoms with Gasteiger partial charge in [0.05, 0.1) is 12.0 Å². The van der Waals surface area contributed by atoms with Crippen molar-refractivity contribution in [3.8, 4) is 5.75 Å². The lowest BCUT2D eigenvalue weighted by molar-refractivity contribution is -0.384. The average Bonchev–Trinajstić information content (AvgIpc) is 2.45. The number of anilines is 1. The standard InChI is InChI=1S/C15H15ClN2O3/c1-10-5-3-7-13(15(10)18(19)20)17-9-11-12(16)6-4-8-14(11)21-2/h3-8,17H,9H2,1-2H3. The van der Waals surface area contributed by atoms with Gasteiger partial charge in [0.2, 0.25) is 0 Å². The molecule has 6 heteroatoms. The summed E-state index contributed by atoms with van der Waals surface area (Å²) in [6.07, 6.45) is 0. The molecule has 110 valence electrons. The van der Waals surface area contributed by atoms with Gasteiger partial charge in [0, 0.05) is 22.7 Å². The van der Waals surface area contributed by atoms with E-state index < -0.39 is 0 Å². The zero-order valence-corrected chi connectivity index (χ0v) is 12.5. The van der Waals surface area contributed by atoms with E-state index in [2.05, 4.69) is 5.32 Å². The second-order valence-corrected chi connectivity index (χ2v) is 4.91. The summed E-state index contributed by atoms with van der Waals surface area (Å²) in [6.45, 7) is 2.05. The number of benzene rings is 2. The number of hydrogen-bond donors (Lipinski definition) is 1. The minimum absolute atomic E-state index is 0.0727. The highest BCUT2D eigenvalue weighted by atomic mass is 35.5. The Balaban J connectivity index is 2.29. The lowest BCUT2D eigenvalue weighted by Gasteiger charge is -2.13. The Bertz CT molecular complexity index is 674. The summed E-state index contributed by atoms with van der Waals surface area (Å²) in [7, 11) is 1.56. The molecule has 0 aromatic heterocycles. The molecule has 0 unspecified atom stereocenters. The Kier molecular flexibility index (Phi) is 4.65. The summed E-state index contributed by atoms with van der Waals surface area (Å²) in [5.74, 6) is 0.644. The molecule has 5 nitrogen and oxygen atoms in total. The van der Waals surface area contributed by atoms with Gasteiger partial charge < -0.3 is 10.1 Å². The molecular weight excluding hydrogens is 292 g/mol. The molecule has 0 atom stereocenters. The predicted molar refractivity (Wildman–Crippen MR) is 83.2 cm³/mol. The zero-order valence-electron chi connectivity index (χ0n) is 11.7. The highest BCUT2D eigenvalue weighted by Gasteiger charge is 2.17. The minimum Gasteiger partial charge on any atom is -0.496 e. The van der Waals surface area contributed by atoms with Gasteiger partial charge in [-0.25, -0.2) is 0 Å². The highest BCUT2D eigenvalue weighted by Crippen LogP contribution is 2.31. The Morgan fingerprint density at radius 1 is 1.29 bits per heavy atom. The maximum atomic E-state index is 11.2. The number of para-hydroxylation sites is 1. The van der Waals surface area contributed by atoms with Crippen molar-refractivity contribution in [3.63, 3.8) is 0 Å². The van der Waals surface area contributed by atoms with Crippen LogP contribution < -0.4 is 10.1 Å². The molecule has 2 rings (SSSR count). The number of nitrogens with zero attached hydrogens (tertiary/aromatic N) is 1. The van der Waals surface area contributed by atoms with Crippen LogP contribution in [0.2, 0.25) is 5.02 Å². The van der Waals surface area contributed by atoms with Gasteiger partial charge in [-0.3, -0.25) is 10.1 Å². The van der Waals surface area contributed by atoms with Crippen molar-refractivity contribution in [3.05, 3.63) is 62.7 Å². The first-order valence-electron chi connectivity index (χ1n) is 6.34. The van der Waals surface area contributed by atoms with Gasteiger partial charge in [0.1, 0.15) is 11.4 Å². The summed E-state index contributed by atoms with van der Waals surface area (Å²) in [4.78, 5) is 10.8. The van der Waals surface area contributed by atoms with Crippen LogP contribution in [-0.4, -0.2) is 12.0 Å². The number of nitrogens with one attached hydrogen (secondary N) is 1. The SMILES string of the molecule is COc1cccc(Cl)c1CNc1cccc(C)c1[N+](=O)[O-]. The third-order valence-electron chi connectivity index (χ3n) is 3.17. The fraction of sp³-hybridized carbons (Fsp3) is 0.200. The van der Waals surface area contributed by atoms with Crippen LogP contribution in [0.5, 0.6) is 5.75 Å². The number of methoxy groups -OCH3 is 1. The Morgan fingerprint density at radius 2 is 2.00 bits per heavy atom. The molecule has 21 heavy (non-hydrogen) atoms. The van der Waals surface area contributed by atoms with Gasteiger partial charge in [-0.15, -0.1) is 0 Å². The summed E-state index contributed by atoms with van der Waals surface area (Å²) < 4.78 is 5.26. The van der Waals surface area contributed by atoms with Crippen molar-refractivity contribution in [2.45, 2.75) is 13.5 Å². The van der Waals surface area contributed by atoms with Crippen molar-refractivity contribution in [1.82, 2.24) is 0 Å². The third kappa shape index (κ3) is 3.25. The number of rotatable bonds is 5. The largest absolute Gasteiger partial charge is 0.496 e. The highest BCUT2D eigenvalue weighted by molar-refractivity contribution is 6.31. The van der Waals surface area contributed by atoms with E-state index in [1.807, 2.05) is 0 Å². The lowest BCUT2D eigenvalue weighted by atomic mass is 10.1. The first-order valence-corrected chi connectivity index (χ1v) is 6.71. The molecule has 2 aromatic carbocycles. The lowest BCUT2D eigenvalue weighted by Crippen LogP contribution is -2.05. The molecule has 0 amide bonds. The molecule has 0 fully saturated rings. The monoisotopic (exact) mass is 306 g/mol. The molecule has 0 spiro atoms. The van der Waals surface area contributed by atoms with E-state index in [0.29, 0.717) is 28.6 Å². The first-order chi connectivity index (χ1) is 10.0. The van der Waals surface area contributed by atoms with Crippen molar-refractivity contribution in [1.29, 1.82) is 0 Å². The summed E-state index contributed by atoms with van der Waals surface area (Å²) in [5, 5.41) is 14.8. The number of ether oxygens (including phenoxy) is 1. The van der Waals surface area contributed by atoms with E-state index in [4.69, 9.17) is 16.3 Å². The first kappa shape index (κ1) is 15.1. The molecule has 2 aromatic rings. The molecule has 0 aliphatic heterocycles. The normalized spacial score (nSPS) is 10.2. The molecule has 0 bridgehead atoms. The van der Waals surface area contributed by atoms with Crippen molar-refractivity contribution in [2.24, 2.45) is 0 Å². The van der Waals surface area contributed by atoms with E-state index in [1.54, 1.807) is 50.4 Å². The van der Waals surface area contributed by atoms with Crippen LogP contribution in [0.3, 0.4) is 0 Å². The maximum Gasteiger partial charge on any atom is 0.295 e. The van der Waals surface area contributed by atoms with Crippen molar-refractivity contribution >= 4 is 23.0 Å². The molecule has 0 heterocycles. The minimum atomic E-state index is -0.387. The van der Waals surface area contributed by atoms with Gasteiger partial charge in [0.25, 0.3) is 5.69 Å². The van der Waals surface area contributed by atoms with E-state index in [9.17, 15) is 10.1 Å². The second-order valence-electron chi connectivity index (χ2n) is 4.50. The smallest absolute Gasteiger partial charge is 0.295 e. The van der Waals surface area contributed by atoms with Crippen LogP contribution in [0.15, 0.2) is 36.4 Å². The Labute approximate surface area is 127 Å². The number of hydrogen-bond acceptors (Lipinski definition) is 4.